The first-order valence-corrected chi connectivity index (χ1v) is 12.5. The van der Waals surface area contributed by atoms with Crippen LogP contribution in [-0.2, 0) is 5.41 Å². The van der Waals surface area contributed by atoms with E-state index in [4.69, 9.17) is 0 Å². The van der Waals surface area contributed by atoms with Crippen LogP contribution in [0.3, 0.4) is 0 Å². The molecule has 3 heteroatoms. The number of rotatable bonds is 5. The minimum atomic E-state index is 0.108. The van der Waals surface area contributed by atoms with E-state index in [0.717, 1.165) is 12.5 Å². The number of benzene rings is 1. The third kappa shape index (κ3) is 3.29. The molecule has 0 spiro atoms. The molecule has 2 aliphatic heterocycles. The van der Waals surface area contributed by atoms with Gasteiger partial charge >= 0.3 is 165 Å². The number of para-hydroxylation sites is 1. The van der Waals surface area contributed by atoms with E-state index in [1.807, 2.05) is 0 Å². The number of hydrogen-bond donors (Lipinski definition) is 0. The van der Waals surface area contributed by atoms with Crippen LogP contribution in [0.4, 0.5) is 5.69 Å². The summed E-state index contributed by atoms with van der Waals surface area (Å²) in [5.74, 6) is 0.947. The summed E-state index contributed by atoms with van der Waals surface area (Å²) in [6.45, 7) is 10.7. The molecule has 1 fully saturated rings. The number of hydrogen-bond acceptors (Lipinski definition) is 1. The summed E-state index contributed by atoms with van der Waals surface area (Å²) in [4.78, 5) is 2.67. The topological polar surface area (TPSA) is 6.25 Å². The molecular weight excluding hydrogens is 383 g/mol. The van der Waals surface area contributed by atoms with E-state index in [9.17, 15) is 0 Å². The molecule has 4 rings (SSSR count). The molecule has 0 unspecified atom stereocenters. The van der Waals surface area contributed by atoms with Crippen LogP contribution in [0, 0.1) is 5.92 Å². The van der Waals surface area contributed by atoms with E-state index in [2.05, 4.69) is 60.6 Å². The molecule has 1 aromatic rings. The number of anilines is 1. The molecule has 0 atom stereocenters. The van der Waals surface area contributed by atoms with Gasteiger partial charge in [-0.3, -0.25) is 0 Å². The Morgan fingerprint density at radius 3 is 2.77 bits per heavy atom. The van der Waals surface area contributed by atoms with Crippen LogP contribution in [0.25, 0.3) is 0 Å². The van der Waals surface area contributed by atoms with Gasteiger partial charge in [-0.2, -0.15) is 0 Å². The predicted octanol–water partition coefficient (Wildman–Crippen LogP) is 4.82. The second kappa shape index (κ2) is 7.52. The molecule has 0 N–H and O–H groups in total. The van der Waals surface area contributed by atoms with Crippen molar-refractivity contribution in [2.24, 2.45) is 5.92 Å². The van der Waals surface area contributed by atoms with E-state index in [1.165, 1.54) is 67.5 Å². The van der Waals surface area contributed by atoms with Crippen molar-refractivity contribution in [2.45, 2.75) is 63.6 Å². The van der Waals surface area contributed by atoms with Gasteiger partial charge in [0.05, 0.1) is 0 Å². The maximum atomic E-state index is 2.67. The molecule has 0 amide bonds. The van der Waals surface area contributed by atoms with Crippen molar-refractivity contribution in [1.82, 2.24) is 0 Å². The van der Waals surface area contributed by atoms with Crippen LogP contribution >= 0.6 is 0 Å². The molecule has 0 bridgehead atoms. The molecule has 2 nitrogen and oxygen atoms in total. The Bertz CT molecular complexity index is 725. The zero-order valence-electron chi connectivity index (χ0n) is 16.6. The van der Waals surface area contributed by atoms with Crippen molar-refractivity contribution in [3.05, 3.63) is 41.6 Å². The monoisotopic (exact) mass is 417 g/mol. The van der Waals surface area contributed by atoms with E-state index in [-0.39, 0.29) is 5.41 Å². The van der Waals surface area contributed by atoms with E-state index < -0.39 is 0 Å². The molecule has 26 heavy (non-hydrogen) atoms. The van der Waals surface area contributed by atoms with Crippen molar-refractivity contribution in [3.8, 4) is 0 Å². The zero-order valence-corrected chi connectivity index (χ0v) is 18.3. The SMILES string of the molecule is CC[N+]1=C(/C=C2/N(CCC3CCCC3)c3ccccc3C2(C)C)[Se]CC1. The maximum absolute atomic E-state index is 2.67. The van der Waals surface area contributed by atoms with Crippen molar-refractivity contribution in [1.29, 1.82) is 0 Å². The first-order valence-electron chi connectivity index (χ1n) is 10.4. The fraction of sp³-hybridized carbons (Fsp3) is 0.609. The molecule has 3 aliphatic rings. The first-order chi connectivity index (χ1) is 12.6. The second-order valence-electron chi connectivity index (χ2n) is 8.53. The third-order valence-electron chi connectivity index (χ3n) is 6.60. The third-order valence-corrected chi connectivity index (χ3v) is 8.82. The summed E-state index contributed by atoms with van der Waals surface area (Å²) < 4.78 is 4.21. The van der Waals surface area contributed by atoms with Gasteiger partial charge in [0.2, 0.25) is 0 Å². The van der Waals surface area contributed by atoms with Crippen LogP contribution in [-0.4, -0.2) is 43.8 Å². The average molecular weight is 416 g/mol. The Labute approximate surface area is 165 Å². The van der Waals surface area contributed by atoms with Gasteiger partial charge in [-0.1, -0.05) is 0 Å². The number of nitrogens with zero attached hydrogens (tertiary/aromatic N) is 2. The number of allylic oxidation sites excluding steroid dienone is 2. The Morgan fingerprint density at radius 1 is 1.23 bits per heavy atom. The van der Waals surface area contributed by atoms with Crippen LogP contribution in [0.15, 0.2) is 36.0 Å². The van der Waals surface area contributed by atoms with E-state index in [0.29, 0.717) is 15.0 Å². The summed E-state index contributed by atoms with van der Waals surface area (Å²) in [5, 5.41) is 1.37. The Morgan fingerprint density at radius 2 is 2.00 bits per heavy atom. The normalized spacial score (nSPS) is 24.1. The fourth-order valence-corrected chi connectivity index (χ4v) is 7.33. The van der Waals surface area contributed by atoms with Gasteiger partial charge in [-0.05, 0) is 0 Å². The van der Waals surface area contributed by atoms with E-state index in [1.54, 1.807) is 4.61 Å². The Hall–Kier alpha value is -1.05. The van der Waals surface area contributed by atoms with Gasteiger partial charge in [-0.25, -0.2) is 0 Å². The minimum absolute atomic E-state index is 0.108. The molecule has 0 aromatic heterocycles. The predicted molar refractivity (Wildman–Crippen MR) is 113 cm³/mol. The van der Waals surface area contributed by atoms with Crippen molar-refractivity contribution >= 4 is 25.3 Å². The van der Waals surface area contributed by atoms with Crippen LogP contribution < -0.4 is 4.90 Å². The van der Waals surface area contributed by atoms with Crippen LogP contribution in [0.1, 0.15) is 58.4 Å². The fourth-order valence-electron chi connectivity index (χ4n) is 4.98. The molecule has 1 aliphatic carbocycles. The molecule has 0 radical (unpaired) electrons. The molecule has 2 heterocycles. The summed E-state index contributed by atoms with van der Waals surface area (Å²) >= 11 is 0.644. The molecule has 0 saturated heterocycles. The molecule has 1 aromatic carbocycles. The van der Waals surface area contributed by atoms with Gasteiger partial charge in [-0.15, -0.1) is 0 Å². The van der Waals surface area contributed by atoms with Crippen molar-refractivity contribution in [2.75, 3.05) is 24.5 Å². The van der Waals surface area contributed by atoms with Crippen molar-refractivity contribution in [3.63, 3.8) is 0 Å². The Kier molecular flexibility index (Phi) is 5.30. The van der Waals surface area contributed by atoms with Gasteiger partial charge in [0.15, 0.2) is 0 Å². The molecular formula is C23H33N2Se+. The first kappa shape index (κ1) is 18.3. The van der Waals surface area contributed by atoms with Crippen molar-refractivity contribution < 1.29 is 4.58 Å². The summed E-state index contributed by atoms with van der Waals surface area (Å²) in [6.07, 6.45) is 9.71. The molecule has 140 valence electrons. The van der Waals surface area contributed by atoms with E-state index >= 15 is 0 Å². The van der Waals surface area contributed by atoms with Gasteiger partial charge in [0.25, 0.3) is 0 Å². The van der Waals surface area contributed by atoms with Gasteiger partial charge < -0.3 is 0 Å². The summed E-state index contributed by atoms with van der Waals surface area (Å²) in [5.41, 5.74) is 4.61. The summed E-state index contributed by atoms with van der Waals surface area (Å²) in [7, 11) is 0. The summed E-state index contributed by atoms with van der Waals surface area (Å²) in [6, 6.07) is 9.12. The standard InChI is InChI=1S/C23H33N2Se/c1-4-24-15-16-26-22(24)17-21-23(2,3)19-11-7-8-12-20(19)25(21)14-13-18-9-5-6-10-18/h7-8,11-12,17-18H,4-6,9-10,13-16H2,1-3H3/q+1. The van der Waals surface area contributed by atoms with Crippen LogP contribution in [0.2, 0.25) is 5.32 Å². The zero-order chi connectivity index (χ0) is 18.1. The quantitative estimate of drug-likeness (QED) is 0.493. The van der Waals surface area contributed by atoms with Gasteiger partial charge in [0.1, 0.15) is 0 Å². The van der Waals surface area contributed by atoms with Crippen LogP contribution in [0.5, 0.6) is 0 Å². The van der Waals surface area contributed by atoms with Gasteiger partial charge in [0, 0.05) is 0 Å². The average Bonchev–Trinajstić information content (AvgIpc) is 3.35. The Balaban J connectivity index is 1.69. The molecule has 1 saturated carbocycles. The second-order valence-corrected chi connectivity index (χ2v) is 10.9. The number of fused-ring (bicyclic) bond motifs is 1.